The molecule has 4 rings (SSSR count). The summed E-state index contributed by atoms with van der Waals surface area (Å²) in [6, 6.07) is 14.0. The molecule has 0 saturated carbocycles. The molecule has 2 N–H and O–H groups in total. The lowest BCUT2D eigenvalue weighted by molar-refractivity contribution is -0.137. The van der Waals surface area contributed by atoms with Crippen LogP contribution in [0.3, 0.4) is 0 Å². The van der Waals surface area contributed by atoms with Gasteiger partial charge in [-0.15, -0.1) is 0 Å². The number of ether oxygens (including phenoxy) is 1. The summed E-state index contributed by atoms with van der Waals surface area (Å²) >= 11 is 0. The standard InChI is InChI=1S/C25H29F3N2O2/c1-17-12-19(14-21(13-17)25(26,27)28)18(2)32-16-24(20-6-4-3-5-7-20)11-10-23(15-29-24)9-8-22(31)30-23/h3-7,12-14,18,29H,8-11,15-16H2,1-2H3,(H,30,31)/t18-,23-,24-/m0/s1. The first-order chi connectivity index (χ1) is 15.1. The molecular weight excluding hydrogens is 417 g/mol. The topological polar surface area (TPSA) is 50.4 Å². The normalized spacial score (nSPS) is 26.8. The number of piperidine rings is 1. The number of carbonyl (C=O) groups is 1. The Morgan fingerprint density at radius 3 is 2.44 bits per heavy atom. The Hall–Kier alpha value is -2.38. The third kappa shape index (κ3) is 4.69. The van der Waals surface area contributed by atoms with Crippen molar-refractivity contribution in [3.63, 3.8) is 0 Å². The quantitative estimate of drug-likeness (QED) is 0.678. The van der Waals surface area contributed by atoms with E-state index in [4.69, 9.17) is 4.74 Å². The first-order valence-corrected chi connectivity index (χ1v) is 11.0. The van der Waals surface area contributed by atoms with Gasteiger partial charge in [-0.2, -0.15) is 13.2 Å². The molecular formula is C25H29F3N2O2. The number of halogens is 3. The van der Waals surface area contributed by atoms with Gasteiger partial charge < -0.3 is 15.4 Å². The number of benzene rings is 2. The maximum atomic E-state index is 13.3. The predicted octanol–water partition coefficient (Wildman–Crippen LogP) is 5.02. The van der Waals surface area contributed by atoms with E-state index in [9.17, 15) is 18.0 Å². The Kier molecular flexibility index (Phi) is 6.07. The zero-order valence-corrected chi connectivity index (χ0v) is 18.4. The number of nitrogens with one attached hydrogen (secondary N) is 2. The van der Waals surface area contributed by atoms with Crippen molar-refractivity contribution in [2.45, 2.75) is 62.9 Å². The van der Waals surface area contributed by atoms with E-state index >= 15 is 0 Å². The predicted molar refractivity (Wildman–Crippen MR) is 116 cm³/mol. The average Bonchev–Trinajstić information content (AvgIpc) is 3.13. The molecule has 0 aromatic heterocycles. The first kappa shape index (κ1) is 22.8. The number of hydrogen-bond acceptors (Lipinski definition) is 3. The second-order valence-electron chi connectivity index (χ2n) is 9.21. The summed E-state index contributed by atoms with van der Waals surface area (Å²) in [7, 11) is 0. The minimum Gasteiger partial charge on any atom is -0.372 e. The number of rotatable bonds is 5. The fourth-order valence-electron chi connectivity index (χ4n) is 4.85. The molecule has 1 amide bonds. The first-order valence-electron chi connectivity index (χ1n) is 11.0. The van der Waals surface area contributed by atoms with Gasteiger partial charge in [-0.25, -0.2) is 0 Å². The van der Waals surface area contributed by atoms with E-state index in [1.165, 1.54) is 6.07 Å². The third-order valence-corrected chi connectivity index (χ3v) is 6.83. The van der Waals surface area contributed by atoms with Crippen molar-refractivity contribution in [1.82, 2.24) is 10.6 Å². The van der Waals surface area contributed by atoms with Crippen molar-refractivity contribution in [3.8, 4) is 0 Å². The van der Waals surface area contributed by atoms with Crippen LogP contribution in [0, 0.1) is 6.92 Å². The van der Waals surface area contributed by atoms with Gasteiger partial charge in [-0.3, -0.25) is 4.79 Å². The van der Waals surface area contributed by atoms with Crippen molar-refractivity contribution in [2.24, 2.45) is 0 Å². The van der Waals surface area contributed by atoms with Crippen molar-refractivity contribution in [1.29, 1.82) is 0 Å². The second-order valence-corrected chi connectivity index (χ2v) is 9.21. The number of hydrogen-bond donors (Lipinski definition) is 2. The highest BCUT2D eigenvalue weighted by atomic mass is 19.4. The van der Waals surface area contributed by atoms with E-state index < -0.39 is 23.4 Å². The van der Waals surface area contributed by atoms with Crippen LogP contribution in [0.5, 0.6) is 0 Å². The maximum absolute atomic E-state index is 13.3. The van der Waals surface area contributed by atoms with Gasteiger partial charge in [-0.1, -0.05) is 42.0 Å². The van der Waals surface area contributed by atoms with Gasteiger partial charge in [0.1, 0.15) is 0 Å². The molecule has 2 aromatic carbocycles. The highest BCUT2D eigenvalue weighted by Crippen LogP contribution is 2.39. The van der Waals surface area contributed by atoms with Crippen LogP contribution in [0.2, 0.25) is 0 Å². The van der Waals surface area contributed by atoms with Gasteiger partial charge in [0.15, 0.2) is 0 Å². The van der Waals surface area contributed by atoms with Crippen LogP contribution in [0.25, 0.3) is 0 Å². The molecule has 0 bridgehead atoms. The fourth-order valence-corrected chi connectivity index (χ4v) is 4.85. The smallest absolute Gasteiger partial charge is 0.372 e. The van der Waals surface area contributed by atoms with E-state index in [-0.39, 0.29) is 11.4 Å². The van der Waals surface area contributed by atoms with E-state index in [0.717, 1.165) is 30.9 Å². The molecule has 2 saturated heterocycles. The Morgan fingerprint density at radius 1 is 1.09 bits per heavy atom. The number of alkyl halides is 3. The SMILES string of the molecule is Cc1cc([C@H](C)OC[C@]2(c3ccccc3)CC[C@@]3(CCC(=O)N3)CN2)cc(C(F)(F)F)c1. The molecule has 7 heteroatoms. The molecule has 2 fully saturated rings. The Bertz CT molecular complexity index is 967. The van der Waals surface area contributed by atoms with Crippen LogP contribution < -0.4 is 10.6 Å². The minimum absolute atomic E-state index is 0.0869. The van der Waals surface area contributed by atoms with Gasteiger partial charge in [0.25, 0.3) is 0 Å². The lowest BCUT2D eigenvalue weighted by Crippen LogP contribution is -2.61. The van der Waals surface area contributed by atoms with Gasteiger partial charge in [0, 0.05) is 13.0 Å². The van der Waals surface area contributed by atoms with Crippen LogP contribution in [0.15, 0.2) is 48.5 Å². The Morgan fingerprint density at radius 2 is 1.84 bits per heavy atom. The molecule has 2 heterocycles. The van der Waals surface area contributed by atoms with Gasteiger partial charge in [0.05, 0.1) is 29.4 Å². The summed E-state index contributed by atoms with van der Waals surface area (Å²) in [5, 5.41) is 6.76. The third-order valence-electron chi connectivity index (χ3n) is 6.83. The lowest BCUT2D eigenvalue weighted by atomic mass is 9.76. The number of aryl methyl sites for hydroxylation is 1. The highest BCUT2D eigenvalue weighted by molar-refractivity contribution is 5.79. The fraction of sp³-hybridized carbons (Fsp3) is 0.480. The molecule has 0 unspecified atom stereocenters. The average molecular weight is 447 g/mol. The number of carbonyl (C=O) groups excluding carboxylic acids is 1. The van der Waals surface area contributed by atoms with Gasteiger partial charge in [-0.05, 0) is 56.4 Å². The van der Waals surface area contributed by atoms with Crippen LogP contribution in [-0.2, 0) is 21.2 Å². The molecule has 32 heavy (non-hydrogen) atoms. The van der Waals surface area contributed by atoms with E-state index in [1.54, 1.807) is 19.9 Å². The largest absolute Gasteiger partial charge is 0.416 e. The summed E-state index contributed by atoms with van der Waals surface area (Å²) in [4.78, 5) is 11.8. The second kappa shape index (κ2) is 8.52. The van der Waals surface area contributed by atoms with E-state index in [0.29, 0.717) is 30.7 Å². The molecule has 2 aromatic rings. The monoisotopic (exact) mass is 446 g/mol. The Balaban J connectivity index is 1.53. The summed E-state index contributed by atoms with van der Waals surface area (Å²) in [6.45, 7) is 4.40. The summed E-state index contributed by atoms with van der Waals surface area (Å²) in [5.74, 6) is 0.0869. The van der Waals surface area contributed by atoms with E-state index in [1.807, 2.05) is 30.3 Å². The van der Waals surface area contributed by atoms with Crippen LogP contribution in [0.1, 0.15) is 61.0 Å². The van der Waals surface area contributed by atoms with Gasteiger partial charge in [0.2, 0.25) is 5.91 Å². The molecule has 4 nitrogen and oxygen atoms in total. The molecule has 1 spiro atoms. The molecule has 0 radical (unpaired) electrons. The van der Waals surface area contributed by atoms with Crippen molar-refractivity contribution < 1.29 is 22.7 Å². The molecule has 2 aliphatic rings. The van der Waals surface area contributed by atoms with Crippen LogP contribution in [-0.4, -0.2) is 24.6 Å². The summed E-state index contributed by atoms with van der Waals surface area (Å²) in [5.41, 5.74) is 0.792. The maximum Gasteiger partial charge on any atom is 0.416 e. The van der Waals surface area contributed by atoms with Crippen LogP contribution in [0.4, 0.5) is 13.2 Å². The zero-order chi connectivity index (χ0) is 23.0. The Labute approximate surface area is 186 Å². The minimum atomic E-state index is -4.39. The van der Waals surface area contributed by atoms with E-state index in [2.05, 4.69) is 10.6 Å². The molecule has 0 aliphatic carbocycles. The van der Waals surface area contributed by atoms with Crippen LogP contribution >= 0.6 is 0 Å². The van der Waals surface area contributed by atoms with Crippen molar-refractivity contribution >= 4 is 5.91 Å². The summed E-state index contributed by atoms with van der Waals surface area (Å²) in [6.07, 6.45) is -1.96. The molecule has 2 aliphatic heterocycles. The summed E-state index contributed by atoms with van der Waals surface area (Å²) < 4.78 is 46.0. The molecule has 3 atom stereocenters. The molecule has 172 valence electrons. The lowest BCUT2D eigenvalue weighted by Gasteiger charge is -2.46. The highest BCUT2D eigenvalue weighted by Gasteiger charge is 2.46. The number of amides is 1. The van der Waals surface area contributed by atoms with Crippen molar-refractivity contribution in [2.75, 3.05) is 13.2 Å². The van der Waals surface area contributed by atoms with Gasteiger partial charge >= 0.3 is 6.18 Å². The van der Waals surface area contributed by atoms with Crippen molar-refractivity contribution in [3.05, 3.63) is 70.8 Å². The zero-order valence-electron chi connectivity index (χ0n) is 18.4.